The number of aliphatic imine (C=N–C) groups is 1. The van der Waals surface area contributed by atoms with Gasteiger partial charge in [0.15, 0.2) is 5.17 Å². The molecule has 0 bridgehead atoms. The summed E-state index contributed by atoms with van der Waals surface area (Å²) in [5.41, 5.74) is 4.24. The van der Waals surface area contributed by atoms with Gasteiger partial charge in [0.05, 0.1) is 22.9 Å². The molecule has 1 heterocycles. The van der Waals surface area contributed by atoms with Crippen LogP contribution in [0, 0.1) is 25.2 Å². The van der Waals surface area contributed by atoms with Crippen molar-refractivity contribution in [3.05, 3.63) is 28.8 Å². The minimum Gasteiger partial charge on any atom is -0.348 e. The maximum Gasteiger partial charge on any atom is 0.164 e. The molecule has 1 aliphatic carbocycles. The Morgan fingerprint density at radius 3 is 2.62 bits per heavy atom. The lowest BCUT2D eigenvalue weighted by atomic mass is 9.99. The van der Waals surface area contributed by atoms with Crippen LogP contribution in [0.5, 0.6) is 0 Å². The zero-order valence-electron chi connectivity index (χ0n) is 12.9. The summed E-state index contributed by atoms with van der Waals surface area (Å²) in [4.78, 5) is 7.29. The Bertz CT molecular complexity index is 636. The fourth-order valence-electron chi connectivity index (χ4n) is 3.37. The van der Waals surface area contributed by atoms with Crippen molar-refractivity contribution >= 4 is 22.6 Å². The minimum absolute atomic E-state index is 0.346. The second-order valence-corrected chi connectivity index (χ2v) is 7.11. The smallest absolute Gasteiger partial charge is 0.164 e. The number of thioether (sulfide) groups is 1. The predicted molar refractivity (Wildman–Crippen MR) is 89.1 cm³/mol. The van der Waals surface area contributed by atoms with E-state index in [2.05, 4.69) is 24.9 Å². The zero-order valence-corrected chi connectivity index (χ0v) is 13.8. The third kappa shape index (κ3) is 2.34. The van der Waals surface area contributed by atoms with Gasteiger partial charge in [0.1, 0.15) is 0 Å². The van der Waals surface area contributed by atoms with Gasteiger partial charge in [-0.1, -0.05) is 24.6 Å². The van der Waals surface area contributed by atoms with Crippen LogP contribution in [0.25, 0.3) is 0 Å². The molecule has 2 aliphatic rings. The Morgan fingerprint density at radius 1 is 1.24 bits per heavy atom. The highest BCUT2D eigenvalue weighted by Gasteiger charge is 2.44. The molecule has 2 fully saturated rings. The van der Waals surface area contributed by atoms with Crippen molar-refractivity contribution in [3.63, 3.8) is 0 Å². The van der Waals surface area contributed by atoms with E-state index in [1.165, 1.54) is 25.7 Å². The van der Waals surface area contributed by atoms with Crippen LogP contribution in [-0.2, 0) is 0 Å². The summed E-state index contributed by atoms with van der Waals surface area (Å²) in [6.45, 7) is 4.06. The summed E-state index contributed by atoms with van der Waals surface area (Å²) in [6.07, 6.45) is 5.27. The monoisotopic (exact) mass is 299 g/mol. The van der Waals surface area contributed by atoms with Crippen LogP contribution >= 0.6 is 11.8 Å². The molecule has 1 aromatic carbocycles. The molecule has 4 heteroatoms. The second kappa shape index (κ2) is 5.38. The number of hydrogen-bond donors (Lipinski definition) is 0. The molecule has 0 unspecified atom stereocenters. The normalized spacial score (nSPS) is 22.2. The summed E-state index contributed by atoms with van der Waals surface area (Å²) < 4.78 is 0. The number of benzene rings is 1. The van der Waals surface area contributed by atoms with Gasteiger partial charge in [-0.25, -0.2) is 4.99 Å². The highest BCUT2D eigenvalue weighted by Crippen LogP contribution is 2.44. The molecule has 1 saturated carbocycles. The van der Waals surface area contributed by atoms with Gasteiger partial charge in [-0.2, -0.15) is 5.26 Å². The summed E-state index contributed by atoms with van der Waals surface area (Å²) in [7, 11) is 2.19. The van der Waals surface area contributed by atoms with Crippen LogP contribution in [0.3, 0.4) is 0 Å². The van der Waals surface area contributed by atoms with E-state index in [4.69, 9.17) is 10.3 Å². The first kappa shape index (κ1) is 14.5. The number of rotatable bonds is 1. The lowest BCUT2D eigenvalue weighted by Crippen LogP contribution is -2.42. The molecule has 3 nitrogen and oxygen atoms in total. The first-order valence-electron chi connectivity index (χ1n) is 7.53. The van der Waals surface area contributed by atoms with Gasteiger partial charge >= 0.3 is 0 Å². The standard InChI is InChI=1S/C17H21N3S/c1-12-13(2)15(7-6-14(12)10-18)19-16-20(3)17(11-21-16)8-4-5-9-17/h6-7H,4-5,8-9,11H2,1-3H3. The van der Waals surface area contributed by atoms with Gasteiger partial charge in [-0.3, -0.25) is 0 Å². The number of nitrogens with zero attached hydrogens (tertiary/aromatic N) is 3. The SMILES string of the molecule is Cc1c(C#N)ccc(N=C2SCC3(CCCC3)N2C)c1C. The van der Waals surface area contributed by atoms with E-state index in [0.29, 0.717) is 5.54 Å². The van der Waals surface area contributed by atoms with E-state index in [1.54, 1.807) is 0 Å². The molecule has 1 aliphatic heterocycles. The van der Waals surface area contributed by atoms with E-state index < -0.39 is 0 Å². The van der Waals surface area contributed by atoms with Gasteiger partial charge in [0, 0.05) is 12.8 Å². The second-order valence-electron chi connectivity index (χ2n) is 6.17. The summed E-state index contributed by atoms with van der Waals surface area (Å²) >= 11 is 1.88. The maximum atomic E-state index is 9.10. The quantitative estimate of drug-likeness (QED) is 0.782. The summed E-state index contributed by atoms with van der Waals surface area (Å²) in [5, 5.41) is 10.2. The molecular formula is C17H21N3S. The first-order chi connectivity index (χ1) is 10.1. The lowest BCUT2D eigenvalue weighted by Gasteiger charge is -2.32. The van der Waals surface area contributed by atoms with Gasteiger partial charge < -0.3 is 4.90 Å². The van der Waals surface area contributed by atoms with Gasteiger partial charge in [0.2, 0.25) is 0 Å². The number of hydrogen-bond acceptors (Lipinski definition) is 3. The topological polar surface area (TPSA) is 39.4 Å². The largest absolute Gasteiger partial charge is 0.348 e. The van der Waals surface area contributed by atoms with E-state index in [0.717, 1.165) is 33.3 Å². The molecule has 1 aromatic rings. The molecule has 0 N–H and O–H groups in total. The Morgan fingerprint density at radius 2 is 1.95 bits per heavy atom. The molecule has 0 atom stereocenters. The first-order valence-corrected chi connectivity index (χ1v) is 8.51. The van der Waals surface area contributed by atoms with Crippen LogP contribution in [0.1, 0.15) is 42.4 Å². The van der Waals surface area contributed by atoms with Crippen LogP contribution in [-0.4, -0.2) is 28.4 Å². The summed E-state index contributed by atoms with van der Waals surface area (Å²) in [5.74, 6) is 1.16. The van der Waals surface area contributed by atoms with Gasteiger partial charge in [0.25, 0.3) is 0 Å². The predicted octanol–water partition coefficient (Wildman–Crippen LogP) is 4.15. The minimum atomic E-state index is 0.346. The van der Waals surface area contributed by atoms with Crippen LogP contribution in [0.4, 0.5) is 5.69 Å². The zero-order chi connectivity index (χ0) is 15.0. The molecule has 0 amide bonds. The van der Waals surface area contributed by atoms with Crippen molar-refractivity contribution < 1.29 is 0 Å². The maximum absolute atomic E-state index is 9.10. The lowest BCUT2D eigenvalue weighted by molar-refractivity contribution is 0.256. The van der Waals surface area contributed by atoms with E-state index >= 15 is 0 Å². The van der Waals surface area contributed by atoms with E-state index in [9.17, 15) is 0 Å². The third-order valence-corrected chi connectivity index (χ3v) is 6.40. The van der Waals surface area contributed by atoms with Crippen molar-refractivity contribution in [3.8, 4) is 6.07 Å². The Kier molecular flexibility index (Phi) is 3.71. The summed E-state index contributed by atoms with van der Waals surface area (Å²) in [6, 6.07) is 6.10. The van der Waals surface area contributed by atoms with Crippen molar-refractivity contribution in [1.82, 2.24) is 4.90 Å². The number of nitriles is 1. The van der Waals surface area contributed by atoms with E-state index in [1.807, 2.05) is 30.8 Å². The van der Waals surface area contributed by atoms with Crippen molar-refractivity contribution in [2.45, 2.75) is 45.1 Å². The average Bonchev–Trinajstić information content (AvgIpc) is 3.07. The molecule has 21 heavy (non-hydrogen) atoms. The fraction of sp³-hybridized carbons (Fsp3) is 0.529. The average molecular weight is 299 g/mol. The molecule has 1 saturated heterocycles. The van der Waals surface area contributed by atoms with Crippen molar-refractivity contribution in [2.75, 3.05) is 12.8 Å². The Hall–Kier alpha value is -1.47. The van der Waals surface area contributed by atoms with Gasteiger partial charge in [-0.15, -0.1) is 0 Å². The third-order valence-electron chi connectivity index (χ3n) is 5.10. The number of amidine groups is 1. The molecule has 3 rings (SSSR count). The highest BCUT2D eigenvalue weighted by molar-refractivity contribution is 8.14. The Balaban J connectivity index is 1.93. The molecule has 0 radical (unpaired) electrons. The molecule has 110 valence electrons. The fourth-order valence-corrected chi connectivity index (χ4v) is 4.80. The van der Waals surface area contributed by atoms with Gasteiger partial charge in [-0.05, 0) is 49.9 Å². The molecular weight excluding hydrogens is 278 g/mol. The molecule has 0 aromatic heterocycles. The van der Waals surface area contributed by atoms with E-state index in [-0.39, 0.29) is 0 Å². The van der Waals surface area contributed by atoms with Crippen LogP contribution in [0.15, 0.2) is 17.1 Å². The van der Waals surface area contributed by atoms with Crippen LogP contribution < -0.4 is 0 Å². The van der Waals surface area contributed by atoms with Crippen molar-refractivity contribution in [1.29, 1.82) is 5.26 Å². The van der Waals surface area contributed by atoms with Crippen LogP contribution in [0.2, 0.25) is 0 Å². The Labute approximate surface area is 131 Å². The van der Waals surface area contributed by atoms with Crippen molar-refractivity contribution in [2.24, 2.45) is 4.99 Å². The molecule has 1 spiro atoms. The highest BCUT2D eigenvalue weighted by atomic mass is 32.2.